The van der Waals surface area contributed by atoms with Crippen molar-refractivity contribution in [2.24, 2.45) is 11.8 Å². The Labute approximate surface area is 104 Å². The van der Waals surface area contributed by atoms with Gasteiger partial charge in [-0.15, -0.1) is 12.4 Å². The Morgan fingerprint density at radius 3 is 2.69 bits per heavy atom. The summed E-state index contributed by atoms with van der Waals surface area (Å²) in [5, 5.41) is 3.33. The van der Waals surface area contributed by atoms with Crippen molar-refractivity contribution in [3.8, 4) is 0 Å². The Hall–Kier alpha value is -0.280. The molecule has 2 fully saturated rings. The summed E-state index contributed by atoms with van der Waals surface area (Å²) < 4.78 is 5.06. The van der Waals surface area contributed by atoms with E-state index in [1.807, 2.05) is 6.92 Å². The maximum atomic E-state index is 11.6. The van der Waals surface area contributed by atoms with Crippen LogP contribution in [0.15, 0.2) is 0 Å². The van der Waals surface area contributed by atoms with E-state index in [1.54, 1.807) is 0 Å². The van der Waals surface area contributed by atoms with Gasteiger partial charge in [0, 0.05) is 0 Å². The van der Waals surface area contributed by atoms with Crippen molar-refractivity contribution in [2.75, 3.05) is 13.2 Å². The largest absolute Gasteiger partial charge is 0.465 e. The maximum Gasteiger partial charge on any atom is 0.323 e. The highest BCUT2D eigenvalue weighted by molar-refractivity contribution is 5.85. The lowest BCUT2D eigenvalue weighted by atomic mass is 9.74. The topological polar surface area (TPSA) is 38.3 Å². The van der Waals surface area contributed by atoms with Crippen LogP contribution in [0.5, 0.6) is 0 Å². The van der Waals surface area contributed by atoms with Crippen molar-refractivity contribution in [3.63, 3.8) is 0 Å². The van der Waals surface area contributed by atoms with E-state index in [0.29, 0.717) is 6.61 Å². The number of esters is 1. The van der Waals surface area contributed by atoms with Gasteiger partial charge in [0.25, 0.3) is 0 Å². The zero-order valence-corrected chi connectivity index (χ0v) is 10.7. The fourth-order valence-corrected chi connectivity index (χ4v) is 2.97. The molecule has 0 amide bonds. The van der Waals surface area contributed by atoms with E-state index in [0.717, 1.165) is 24.8 Å². The third-order valence-corrected chi connectivity index (χ3v) is 3.80. The van der Waals surface area contributed by atoms with Crippen LogP contribution >= 0.6 is 12.4 Å². The highest BCUT2D eigenvalue weighted by Gasteiger charge is 2.35. The number of piperidine rings is 1. The first-order valence-electron chi connectivity index (χ1n) is 6.21. The summed E-state index contributed by atoms with van der Waals surface area (Å²) in [5.74, 6) is 1.51. The molecule has 0 aromatic heterocycles. The summed E-state index contributed by atoms with van der Waals surface area (Å²) in [4.78, 5) is 11.6. The Morgan fingerprint density at radius 2 is 2.00 bits per heavy atom. The lowest BCUT2D eigenvalue weighted by molar-refractivity contribution is -0.147. The van der Waals surface area contributed by atoms with Gasteiger partial charge in [0.05, 0.1) is 6.61 Å². The van der Waals surface area contributed by atoms with E-state index in [4.69, 9.17) is 4.74 Å². The molecule has 0 bridgehead atoms. The summed E-state index contributed by atoms with van der Waals surface area (Å²) in [5.41, 5.74) is 0. The van der Waals surface area contributed by atoms with E-state index in [9.17, 15) is 4.79 Å². The number of ether oxygens (including phenoxy) is 1. The van der Waals surface area contributed by atoms with Gasteiger partial charge < -0.3 is 10.1 Å². The van der Waals surface area contributed by atoms with Gasteiger partial charge in [-0.25, -0.2) is 0 Å². The van der Waals surface area contributed by atoms with Crippen LogP contribution in [0.3, 0.4) is 0 Å². The number of hydrogen-bond acceptors (Lipinski definition) is 3. The molecule has 0 aromatic rings. The molecule has 2 aliphatic rings. The molecule has 4 heteroatoms. The molecule has 3 nitrogen and oxygen atoms in total. The predicted octanol–water partition coefficient (Wildman–Crippen LogP) is 2.14. The summed E-state index contributed by atoms with van der Waals surface area (Å²) in [6.45, 7) is 3.36. The monoisotopic (exact) mass is 247 g/mol. The number of nitrogens with one attached hydrogen (secondary N) is 1. The number of hydrogen-bond donors (Lipinski definition) is 1. The maximum absolute atomic E-state index is 11.6. The van der Waals surface area contributed by atoms with Crippen LogP contribution < -0.4 is 5.32 Å². The van der Waals surface area contributed by atoms with Gasteiger partial charge in [-0.2, -0.15) is 0 Å². The fraction of sp³-hybridized carbons (Fsp3) is 0.917. The minimum Gasteiger partial charge on any atom is -0.465 e. The van der Waals surface area contributed by atoms with Crippen LogP contribution in [-0.2, 0) is 9.53 Å². The highest BCUT2D eigenvalue weighted by Crippen LogP contribution is 2.35. The predicted molar refractivity (Wildman–Crippen MR) is 65.7 cm³/mol. The second-order valence-electron chi connectivity index (χ2n) is 4.75. The smallest absolute Gasteiger partial charge is 0.323 e. The Bertz CT molecular complexity index is 235. The molecule has 94 valence electrons. The zero-order valence-electron chi connectivity index (χ0n) is 9.91. The number of halogens is 1. The molecular formula is C12H22ClNO2. The van der Waals surface area contributed by atoms with Crippen molar-refractivity contribution < 1.29 is 9.53 Å². The van der Waals surface area contributed by atoms with Crippen LogP contribution in [0.25, 0.3) is 0 Å². The summed E-state index contributed by atoms with van der Waals surface area (Å²) in [6.07, 6.45) is 6.35. The van der Waals surface area contributed by atoms with E-state index >= 15 is 0 Å². The molecule has 0 spiro atoms. The Morgan fingerprint density at radius 1 is 1.31 bits per heavy atom. The quantitative estimate of drug-likeness (QED) is 0.760. The normalized spacial score (nSPS) is 33.4. The average molecular weight is 248 g/mol. The molecule has 3 unspecified atom stereocenters. The van der Waals surface area contributed by atoms with Gasteiger partial charge in [0.1, 0.15) is 6.04 Å². The number of carbonyl (C=O) groups excluding carboxylic acids is 1. The van der Waals surface area contributed by atoms with Gasteiger partial charge in [0.15, 0.2) is 0 Å². The highest BCUT2D eigenvalue weighted by atomic mass is 35.5. The first kappa shape index (κ1) is 13.8. The van der Waals surface area contributed by atoms with Gasteiger partial charge >= 0.3 is 5.97 Å². The molecule has 1 heterocycles. The van der Waals surface area contributed by atoms with Crippen molar-refractivity contribution in [2.45, 2.75) is 45.1 Å². The summed E-state index contributed by atoms with van der Waals surface area (Å²) in [6, 6.07) is -0.0377. The first-order valence-corrected chi connectivity index (χ1v) is 6.21. The van der Waals surface area contributed by atoms with Crippen molar-refractivity contribution in [1.29, 1.82) is 0 Å². The molecule has 0 aromatic carbocycles. The summed E-state index contributed by atoms with van der Waals surface area (Å²) in [7, 11) is 0. The van der Waals surface area contributed by atoms with Crippen molar-refractivity contribution >= 4 is 18.4 Å². The molecule has 1 N–H and O–H groups in total. The number of rotatable bonds is 2. The van der Waals surface area contributed by atoms with E-state index < -0.39 is 0 Å². The van der Waals surface area contributed by atoms with E-state index in [1.165, 1.54) is 25.7 Å². The second-order valence-corrected chi connectivity index (χ2v) is 4.75. The van der Waals surface area contributed by atoms with Gasteiger partial charge in [0.2, 0.25) is 0 Å². The number of carbonyl (C=O) groups is 1. The SMILES string of the molecule is CCOC(=O)C1CC2CCCCC2CN1.Cl. The standard InChI is InChI=1S/C12H21NO2.ClH/c1-2-15-12(14)11-7-9-5-3-4-6-10(9)8-13-11;/h9-11,13H,2-8H2,1H3;1H. The van der Waals surface area contributed by atoms with Crippen molar-refractivity contribution in [1.82, 2.24) is 5.32 Å². The van der Waals surface area contributed by atoms with Crippen molar-refractivity contribution in [3.05, 3.63) is 0 Å². The first-order chi connectivity index (χ1) is 7.31. The molecule has 1 saturated heterocycles. The average Bonchev–Trinajstić information content (AvgIpc) is 2.29. The van der Waals surface area contributed by atoms with Crippen LogP contribution in [0.2, 0.25) is 0 Å². The molecule has 1 aliphatic heterocycles. The molecule has 2 rings (SSSR count). The van der Waals surface area contributed by atoms with Crippen LogP contribution in [0, 0.1) is 11.8 Å². The molecule has 0 radical (unpaired) electrons. The van der Waals surface area contributed by atoms with Crippen LogP contribution in [-0.4, -0.2) is 25.2 Å². The Balaban J connectivity index is 0.00000128. The van der Waals surface area contributed by atoms with Gasteiger partial charge in [-0.1, -0.05) is 19.3 Å². The van der Waals surface area contributed by atoms with E-state index in [2.05, 4.69) is 5.32 Å². The fourth-order valence-electron chi connectivity index (χ4n) is 2.97. The second kappa shape index (κ2) is 6.45. The summed E-state index contributed by atoms with van der Waals surface area (Å²) >= 11 is 0. The lowest BCUT2D eigenvalue weighted by Crippen LogP contribution is -2.49. The van der Waals surface area contributed by atoms with E-state index in [-0.39, 0.29) is 24.4 Å². The van der Waals surface area contributed by atoms with Crippen LogP contribution in [0.1, 0.15) is 39.0 Å². The zero-order chi connectivity index (χ0) is 10.7. The number of fused-ring (bicyclic) bond motifs is 1. The molecule has 1 saturated carbocycles. The third kappa shape index (κ3) is 3.11. The molecule has 3 atom stereocenters. The lowest BCUT2D eigenvalue weighted by Gasteiger charge is -2.39. The third-order valence-electron chi connectivity index (χ3n) is 3.80. The minimum absolute atomic E-state index is 0. The van der Waals surface area contributed by atoms with Crippen LogP contribution in [0.4, 0.5) is 0 Å². The Kier molecular flexibility index (Phi) is 5.56. The molecule has 16 heavy (non-hydrogen) atoms. The van der Waals surface area contributed by atoms with Gasteiger partial charge in [-0.3, -0.25) is 4.79 Å². The molecule has 1 aliphatic carbocycles. The van der Waals surface area contributed by atoms with Gasteiger partial charge in [-0.05, 0) is 38.1 Å². The minimum atomic E-state index is -0.0541. The molecular weight excluding hydrogens is 226 g/mol.